The number of amidine groups is 1. The molecule has 1 fully saturated rings. The standard InChI is InChI=1S/C19H24N4O4/c1-5-17(21-26-4)20-10-13-11-23(19(25)27-13)15-7-8-16-14(12(15)2)6-9-18(24)22(16)3/h5,7-8,13H,1,6,9-11H2,2-4H3,(H,20,21). The van der Waals surface area contributed by atoms with E-state index in [1.807, 2.05) is 19.1 Å². The largest absolute Gasteiger partial charge is 0.442 e. The van der Waals surface area contributed by atoms with Crippen LogP contribution in [0.15, 0.2) is 29.8 Å². The molecule has 0 saturated carbocycles. The van der Waals surface area contributed by atoms with Gasteiger partial charge in [0.15, 0.2) is 0 Å². The summed E-state index contributed by atoms with van der Waals surface area (Å²) in [6, 6.07) is 3.77. The second-order valence-electron chi connectivity index (χ2n) is 6.51. The summed E-state index contributed by atoms with van der Waals surface area (Å²) in [5, 5.41) is 0. The predicted octanol–water partition coefficient (Wildman–Crippen LogP) is 1.96. The molecule has 2 heterocycles. The van der Waals surface area contributed by atoms with Gasteiger partial charge in [-0.2, -0.15) is 0 Å². The smallest absolute Gasteiger partial charge is 0.414 e. The monoisotopic (exact) mass is 372 g/mol. The maximum atomic E-state index is 12.4. The molecule has 27 heavy (non-hydrogen) atoms. The third-order valence-corrected chi connectivity index (χ3v) is 4.90. The van der Waals surface area contributed by atoms with Crippen molar-refractivity contribution >= 4 is 29.2 Å². The van der Waals surface area contributed by atoms with Crippen LogP contribution in [0.25, 0.3) is 0 Å². The van der Waals surface area contributed by atoms with Gasteiger partial charge in [-0.1, -0.05) is 6.58 Å². The Balaban J connectivity index is 1.78. The Bertz CT molecular complexity index is 805. The summed E-state index contributed by atoms with van der Waals surface area (Å²) >= 11 is 0. The van der Waals surface area contributed by atoms with Crippen LogP contribution >= 0.6 is 0 Å². The van der Waals surface area contributed by atoms with Crippen molar-refractivity contribution in [1.82, 2.24) is 5.48 Å². The molecule has 0 radical (unpaired) electrons. The lowest BCUT2D eigenvalue weighted by Gasteiger charge is -2.29. The number of ether oxygens (including phenoxy) is 1. The molecular formula is C19H24N4O4. The summed E-state index contributed by atoms with van der Waals surface area (Å²) in [7, 11) is 3.27. The maximum Gasteiger partial charge on any atom is 0.414 e. The van der Waals surface area contributed by atoms with E-state index in [0.717, 1.165) is 22.5 Å². The van der Waals surface area contributed by atoms with Gasteiger partial charge in [0.1, 0.15) is 11.9 Å². The minimum Gasteiger partial charge on any atom is -0.442 e. The lowest BCUT2D eigenvalue weighted by atomic mass is 9.95. The second-order valence-corrected chi connectivity index (χ2v) is 6.51. The van der Waals surface area contributed by atoms with E-state index in [9.17, 15) is 9.59 Å². The molecule has 8 heteroatoms. The van der Waals surface area contributed by atoms with Crippen molar-refractivity contribution in [2.24, 2.45) is 4.99 Å². The van der Waals surface area contributed by atoms with Crippen LogP contribution in [0.1, 0.15) is 17.5 Å². The predicted molar refractivity (Wildman–Crippen MR) is 103 cm³/mol. The van der Waals surface area contributed by atoms with E-state index >= 15 is 0 Å². The molecule has 2 amide bonds. The van der Waals surface area contributed by atoms with E-state index in [0.29, 0.717) is 31.8 Å². The molecule has 0 aliphatic carbocycles. The van der Waals surface area contributed by atoms with Gasteiger partial charge in [-0.3, -0.25) is 19.5 Å². The minimum absolute atomic E-state index is 0.107. The van der Waals surface area contributed by atoms with Crippen molar-refractivity contribution in [1.29, 1.82) is 0 Å². The first-order valence-electron chi connectivity index (χ1n) is 8.79. The van der Waals surface area contributed by atoms with Gasteiger partial charge in [0, 0.05) is 19.2 Å². The fourth-order valence-corrected chi connectivity index (χ4v) is 3.44. The number of benzene rings is 1. The molecule has 2 aliphatic rings. The second kappa shape index (κ2) is 7.79. The number of cyclic esters (lactones) is 1. The summed E-state index contributed by atoms with van der Waals surface area (Å²) in [6.45, 7) is 6.35. The summed E-state index contributed by atoms with van der Waals surface area (Å²) in [5.74, 6) is 0.584. The zero-order valence-corrected chi connectivity index (χ0v) is 15.8. The number of aliphatic imine (C=N–C) groups is 1. The Labute approximate surface area is 158 Å². The first-order chi connectivity index (χ1) is 13.0. The van der Waals surface area contributed by atoms with Crippen LogP contribution in [0, 0.1) is 6.92 Å². The number of nitrogens with one attached hydrogen (secondary N) is 1. The Kier molecular flexibility index (Phi) is 5.46. The number of hydrogen-bond donors (Lipinski definition) is 1. The first-order valence-corrected chi connectivity index (χ1v) is 8.79. The molecule has 1 saturated heterocycles. The van der Waals surface area contributed by atoms with E-state index in [1.54, 1.807) is 16.8 Å². The number of rotatable bonds is 5. The Morgan fingerprint density at radius 2 is 2.15 bits per heavy atom. The zero-order chi connectivity index (χ0) is 19.6. The van der Waals surface area contributed by atoms with Crippen LogP contribution < -0.4 is 15.3 Å². The average Bonchev–Trinajstić information content (AvgIpc) is 3.02. The number of carbonyl (C=O) groups excluding carboxylic acids is 2. The van der Waals surface area contributed by atoms with Crippen molar-refractivity contribution in [2.75, 3.05) is 37.0 Å². The molecule has 1 aromatic carbocycles. The van der Waals surface area contributed by atoms with Crippen LogP contribution in [0.3, 0.4) is 0 Å². The number of nitrogens with zero attached hydrogens (tertiary/aromatic N) is 3. The molecule has 1 aromatic rings. The minimum atomic E-state index is -0.390. The highest BCUT2D eigenvalue weighted by atomic mass is 16.6. The Hall–Kier alpha value is -2.87. The quantitative estimate of drug-likeness (QED) is 0.485. The number of anilines is 2. The fourth-order valence-electron chi connectivity index (χ4n) is 3.44. The van der Waals surface area contributed by atoms with Crippen LogP contribution in [-0.4, -0.2) is 51.2 Å². The number of hydroxylamine groups is 1. The average molecular weight is 372 g/mol. The fraction of sp³-hybridized carbons (Fsp3) is 0.421. The van der Waals surface area contributed by atoms with E-state index < -0.39 is 6.09 Å². The molecule has 1 unspecified atom stereocenters. The van der Waals surface area contributed by atoms with Gasteiger partial charge >= 0.3 is 6.09 Å². The number of amides is 2. The summed E-state index contributed by atoms with van der Waals surface area (Å²) in [6.07, 6.45) is 1.94. The normalized spacial score (nSPS) is 19.8. The van der Waals surface area contributed by atoms with Gasteiger partial charge in [0.05, 0.1) is 25.9 Å². The summed E-state index contributed by atoms with van der Waals surface area (Å²) in [5.41, 5.74) is 6.42. The summed E-state index contributed by atoms with van der Waals surface area (Å²) in [4.78, 5) is 36.7. The molecule has 8 nitrogen and oxygen atoms in total. The van der Waals surface area contributed by atoms with Gasteiger partial charge in [-0.05, 0) is 42.7 Å². The molecule has 0 bridgehead atoms. The third-order valence-electron chi connectivity index (χ3n) is 4.90. The lowest BCUT2D eigenvalue weighted by Crippen LogP contribution is -2.32. The zero-order valence-electron chi connectivity index (χ0n) is 15.8. The van der Waals surface area contributed by atoms with E-state index in [4.69, 9.17) is 9.57 Å². The highest BCUT2D eigenvalue weighted by Crippen LogP contribution is 2.36. The molecule has 2 aliphatic heterocycles. The number of fused-ring (bicyclic) bond motifs is 1. The highest BCUT2D eigenvalue weighted by Gasteiger charge is 2.34. The first kappa shape index (κ1) is 18.9. The molecule has 0 aromatic heterocycles. The molecule has 0 spiro atoms. The van der Waals surface area contributed by atoms with Crippen LogP contribution in [0.4, 0.5) is 16.2 Å². The van der Waals surface area contributed by atoms with Gasteiger partial charge in [0.25, 0.3) is 0 Å². The van der Waals surface area contributed by atoms with E-state index in [2.05, 4.69) is 17.1 Å². The van der Waals surface area contributed by atoms with Gasteiger partial charge in [-0.25, -0.2) is 10.3 Å². The third kappa shape index (κ3) is 3.66. The topological polar surface area (TPSA) is 83.5 Å². The Morgan fingerprint density at radius 1 is 1.41 bits per heavy atom. The van der Waals surface area contributed by atoms with E-state index in [1.165, 1.54) is 13.2 Å². The van der Waals surface area contributed by atoms with Crippen molar-refractivity contribution in [3.05, 3.63) is 35.9 Å². The molecule has 1 N–H and O–H groups in total. The molecule has 144 valence electrons. The molecule has 1 atom stereocenters. The number of hydrogen-bond acceptors (Lipinski definition) is 5. The Morgan fingerprint density at radius 3 is 2.85 bits per heavy atom. The highest BCUT2D eigenvalue weighted by molar-refractivity contribution is 5.98. The van der Waals surface area contributed by atoms with Crippen molar-refractivity contribution < 1.29 is 19.2 Å². The molecule has 3 rings (SSSR count). The molecular weight excluding hydrogens is 348 g/mol. The van der Waals surface area contributed by atoms with Crippen molar-refractivity contribution in [3.8, 4) is 0 Å². The van der Waals surface area contributed by atoms with Crippen molar-refractivity contribution in [3.63, 3.8) is 0 Å². The summed E-state index contributed by atoms with van der Waals surface area (Å²) < 4.78 is 5.45. The lowest BCUT2D eigenvalue weighted by molar-refractivity contribution is -0.118. The van der Waals surface area contributed by atoms with Crippen molar-refractivity contribution in [2.45, 2.75) is 25.9 Å². The maximum absolute atomic E-state index is 12.4. The van der Waals surface area contributed by atoms with E-state index in [-0.39, 0.29) is 12.0 Å². The van der Waals surface area contributed by atoms with Gasteiger partial charge < -0.3 is 9.64 Å². The van der Waals surface area contributed by atoms with Crippen LogP contribution in [0.5, 0.6) is 0 Å². The van der Waals surface area contributed by atoms with Crippen LogP contribution in [0.2, 0.25) is 0 Å². The SMILES string of the molecule is C=CC(=NCC1CN(c2ccc3c(c2C)CCC(=O)N3C)C(=O)O1)NOC. The van der Waals surface area contributed by atoms with Gasteiger partial charge in [0.2, 0.25) is 5.91 Å². The number of carbonyl (C=O) groups is 2. The van der Waals surface area contributed by atoms with Gasteiger partial charge in [-0.15, -0.1) is 0 Å². The van der Waals surface area contributed by atoms with Crippen LogP contribution in [-0.2, 0) is 20.8 Å².